The number of carbonyl (C=O) groups excluding carboxylic acids is 1. The Morgan fingerprint density at radius 2 is 1.42 bits per heavy atom. The Morgan fingerprint density at radius 3 is 1.85 bits per heavy atom. The number of ether oxygens (including phenoxy) is 2. The zero-order valence-corrected chi connectivity index (χ0v) is 19.7. The highest BCUT2D eigenvalue weighted by atomic mass is 28.5. The number of rotatable bonds is 5. The molecule has 2 heterocycles. The maximum Gasteiger partial charge on any atom is 0.335 e. The van der Waals surface area contributed by atoms with Gasteiger partial charge in [-0.05, 0) is 22.2 Å². The van der Waals surface area contributed by atoms with Crippen LogP contribution in [0.1, 0.15) is 55.4 Å². The lowest BCUT2D eigenvalue weighted by molar-refractivity contribution is -0.152. The Hall–Kier alpha value is -0.0962. The van der Waals surface area contributed by atoms with E-state index in [2.05, 4.69) is 55.4 Å². The van der Waals surface area contributed by atoms with Crippen molar-refractivity contribution in [3.63, 3.8) is 0 Å². The molecule has 0 aromatic heterocycles. The summed E-state index contributed by atoms with van der Waals surface area (Å²) in [6.07, 6.45) is -2.00. The van der Waals surface area contributed by atoms with Crippen LogP contribution in [0.3, 0.4) is 0 Å². The predicted molar refractivity (Wildman–Crippen MR) is 104 cm³/mol. The van der Waals surface area contributed by atoms with Crippen molar-refractivity contribution in [3.8, 4) is 0 Å². The lowest BCUT2D eigenvalue weighted by Crippen LogP contribution is -2.65. The molecule has 2 rings (SSSR count). The standard InChI is InChI=1S/C18H36O6Si2/c1-11(2)25(12(3)4)21-10-15-17(16(19)18(20-9)22-15)23-26(24-25,13(5)6)14(7)8/h11-15,17-18H,10H2,1-9H3/t15-,17+,18-/m1/s1. The van der Waals surface area contributed by atoms with Crippen molar-refractivity contribution in [2.75, 3.05) is 13.7 Å². The molecule has 0 bridgehead atoms. The molecule has 0 N–H and O–H groups in total. The van der Waals surface area contributed by atoms with Crippen molar-refractivity contribution in [1.29, 1.82) is 0 Å². The summed E-state index contributed by atoms with van der Waals surface area (Å²) < 4.78 is 31.3. The fraction of sp³-hybridized carbons (Fsp3) is 0.944. The molecular weight excluding hydrogens is 368 g/mol. The molecule has 152 valence electrons. The molecule has 3 atom stereocenters. The van der Waals surface area contributed by atoms with Crippen LogP contribution in [-0.4, -0.2) is 55.1 Å². The first-order valence-electron chi connectivity index (χ1n) is 9.75. The first-order valence-corrected chi connectivity index (χ1v) is 13.7. The molecule has 2 fully saturated rings. The van der Waals surface area contributed by atoms with E-state index in [9.17, 15) is 4.79 Å². The second-order valence-corrected chi connectivity index (χ2v) is 17.5. The molecule has 26 heavy (non-hydrogen) atoms. The topological polar surface area (TPSA) is 63.2 Å². The molecule has 0 amide bonds. The van der Waals surface area contributed by atoms with Crippen molar-refractivity contribution in [2.24, 2.45) is 0 Å². The minimum Gasteiger partial charge on any atom is -0.414 e. The van der Waals surface area contributed by atoms with Gasteiger partial charge in [-0.15, -0.1) is 0 Å². The van der Waals surface area contributed by atoms with E-state index in [0.717, 1.165) is 0 Å². The van der Waals surface area contributed by atoms with E-state index in [1.807, 2.05) is 0 Å². The number of hydrogen-bond donors (Lipinski definition) is 0. The number of Topliss-reactive ketones (excluding diaryl/α,β-unsaturated/α-hetero) is 1. The van der Waals surface area contributed by atoms with Crippen LogP contribution in [-0.2, 0) is 27.2 Å². The van der Waals surface area contributed by atoms with Crippen molar-refractivity contribution in [3.05, 3.63) is 0 Å². The molecule has 2 saturated heterocycles. The lowest BCUT2D eigenvalue weighted by atomic mass is 10.2. The first-order chi connectivity index (χ1) is 12.0. The highest BCUT2D eigenvalue weighted by Crippen LogP contribution is 2.46. The summed E-state index contributed by atoms with van der Waals surface area (Å²) in [6.45, 7) is 17.5. The van der Waals surface area contributed by atoms with E-state index in [1.54, 1.807) is 0 Å². The van der Waals surface area contributed by atoms with Crippen LogP contribution in [0.2, 0.25) is 22.2 Å². The minimum absolute atomic E-state index is 0.161. The Morgan fingerprint density at radius 1 is 0.923 bits per heavy atom. The Kier molecular flexibility index (Phi) is 6.92. The maximum absolute atomic E-state index is 12.7. The average Bonchev–Trinajstić information content (AvgIpc) is 2.81. The molecular formula is C18H36O6Si2. The molecule has 2 aliphatic heterocycles. The van der Waals surface area contributed by atoms with Crippen molar-refractivity contribution < 1.29 is 27.2 Å². The predicted octanol–water partition coefficient (Wildman–Crippen LogP) is 3.88. The largest absolute Gasteiger partial charge is 0.414 e. The quantitative estimate of drug-likeness (QED) is 0.648. The van der Waals surface area contributed by atoms with Crippen LogP contribution < -0.4 is 0 Å². The van der Waals surface area contributed by atoms with E-state index in [-0.39, 0.29) is 27.9 Å². The van der Waals surface area contributed by atoms with Gasteiger partial charge < -0.3 is 22.4 Å². The number of ketones is 1. The summed E-state index contributed by atoms with van der Waals surface area (Å²) in [5.41, 5.74) is 0.900. The molecule has 6 nitrogen and oxygen atoms in total. The van der Waals surface area contributed by atoms with Gasteiger partial charge in [-0.25, -0.2) is 0 Å². The van der Waals surface area contributed by atoms with Crippen molar-refractivity contribution in [1.82, 2.24) is 0 Å². The molecule has 2 aliphatic rings. The average molecular weight is 405 g/mol. The monoisotopic (exact) mass is 404 g/mol. The van der Waals surface area contributed by atoms with E-state index in [1.165, 1.54) is 7.11 Å². The molecule has 0 spiro atoms. The minimum atomic E-state index is -2.77. The zero-order valence-electron chi connectivity index (χ0n) is 17.7. The Balaban J connectivity index is 2.54. The highest BCUT2D eigenvalue weighted by molar-refractivity contribution is 6.84. The van der Waals surface area contributed by atoms with Crippen molar-refractivity contribution >= 4 is 22.9 Å². The smallest absolute Gasteiger partial charge is 0.335 e. The molecule has 0 unspecified atom stereocenters. The summed E-state index contributed by atoms with van der Waals surface area (Å²) in [7, 11) is -3.88. The van der Waals surface area contributed by atoms with Gasteiger partial charge in [-0.1, -0.05) is 55.4 Å². The van der Waals surface area contributed by atoms with Gasteiger partial charge in [-0.3, -0.25) is 4.79 Å². The Labute approximate surface area is 160 Å². The van der Waals surface area contributed by atoms with E-state index in [4.69, 9.17) is 22.4 Å². The molecule has 8 heteroatoms. The van der Waals surface area contributed by atoms with Gasteiger partial charge in [0.05, 0.1) is 6.61 Å². The third-order valence-electron chi connectivity index (χ3n) is 5.69. The van der Waals surface area contributed by atoms with Crippen LogP contribution >= 0.6 is 0 Å². The van der Waals surface area contributed by atoms with Crippen LogP contribution in [0.15, 0.2) is 0 Å². The van der Waals surface area contributed by atoms with E-state index >= 15 is 0 Å². The van der Waals surface area contributed by atoms with E-state index in [0.29, 0.717) is 6.61 Å². The molecule has 0 aromatic rings. The normalized spacial score (nSPS) is 31.6. The van der Waals surface area contributed by atoms with E-state index < -0.39 is 35.6 Å². The number of hydrogen-bond acceptors (Lipinski definition) is 6. The number of fused-ring (bicyclic) bond motifs is 1. The molecule has 0 saturated carbocycles. The number of methoxy groups -OCH3 is 1. The van der Waals surface area contributed by atoms with Gasteiger partial charge in [0.25, 0.3) is 0 Å². The fourth-order valence-corrected chi connectivity index (χ4v) is 15.3. The summed E-state index contributed by atoms with van der Waals surface area (Å²) in [5, 5.41) is 0. The second-order valence-electron chi connectivity index (χ2n) is 8.66. The molecule has 0 aliphatic carbocycles. The third kappa shape index (κ3) is 3.61. The number of carbonyl (C=O) groups is 1. The summed E-state index contributed by atoms with van der Waals surface area (Å²) in [5.74, 6) is -0.161. The Bertz CT molecular complexity index is 492. The second kappa shape index (κ2) is 8.10. The zero-order chi connectivity index (χ0) is 19.9. The molecule has 0 radical (unpaired) electrons. The van der Waals surface area contributed by atoms with Crippen LogP contribution in [0.5, 0.6) is 0 Å². The summed E-state index contributed by atoms with van der Waals surface area (Å²) in [4.78, 5) is 12.7. The van der Waals surface area contributed by atoms with Gasteiger partial charge in [0.15, 0.2) is 0 Å². The molecule has 0 aromatic carbocycles. The van der Waals surface area contributed by atoms with Crippen LogP contribution in [0.4, 0.5) is 0 Å². The summed E-state index contributed by atoms with van der Waals surface area (Å²) >= 11 is 0. The first kappa shape index (κ1) is 22.2. The van der Waals surface area contributed by atoms with Gasteiger partial charge in [0, 0.05) is 7.11 Å². The maximum atomic E-state index is 12.7. The van der Waals surface area contributed by atoms with Crippen molar-refractivity contribution in [2.45, 2.75) is 96.1 Å². The van der Waals surface area contributed by atoms with Crippen LogP contribution in [0, 0.1) is 0 Å². The lowest BCUT2D eigenvalue weighted by Gasteiger charge is -2.50. The fourth-order valence-electron chi connectivity index (χ4n) is 4.17. The SMILES string of the molecule is CO[C@@H]1O[C@@H]2CO[Si](C(C)C)(C(C)C)O[Si](C(C)C)(C(C)C)O[C@@H]2C1=O. The van der Waals surface area contributed by atoms with Gasteiger partial charge in [0.1, 0.15) is 12.2 Å². The van der Waals surface area contributed by atoms with Gasteiger partial charge in [-0.2, -0.15) is 0 Å². The van der Waals surface area contributed by atoms with Gasteiger partial charge >= 0.3 is 17.1 Å². The third-order valence-corrected chi connectivity index (χ3v) is 15.9. The van der Waals surface area contributed by atoms with Crippen LogP contribution in [0.25, 0.3) is 0 Å². The highest BCUT2D eigenvalue weighted by Gasteiger charge is 2.61. The summed E-state index contributed by atoms with van der Waals surface area (Å²) in [6, 6.07) is 0. The van der Waals surface area contributed by atoms with Gasteiger partial charge in [0.2, 0.25) is 12.1 Å².